The Labute approximate surface area is 169 Å². The maximum Gasteiger partial charge on any atom is 0.254 e. The molecule has 0 unspecified atom stereocenters. The molecular weight excluding hydrogens is 378 g/mol. The highest BCUT2D eigenvalue weighted by molar-refractivity contribution is 6.30. The molecule has 0 spiro atoms. The average Bonchev–Trinajstić information content (AvgIpc) is 3.15. The van der Waals surface area contributed by atoms with Crippen molar-refractivity contribution in [2.24, 2.45) is 0 Å². The van der Waals surface area contributed by atoms with Gasteiger partial charge in [-0.05, 0) is 69.3 Å². The molecule has 28 heavy (non-hydrogen) atoms. The molecule has 0 saturated heterocycles. The van der Waals surface area contributed by atoms with Gasteiger partial charge >= 0.3 is 0 Å². The Morgan fingerprint density at radius 1 is 1.14 bits per heavy atom. The lowest BCUT2D eigenvalue weighted by atomic mass is 10.1. The normalized spacial score (nSPS) is 10.9. The maximum atomic E-state index is 13.0. The van der Waals surface area contributed by atoms with Crippen molar-refractivity contribution in [3.8, 4) is 17.1 Å². The molecule has 1 aromatic heterocycles. The van der Waals surface area contributed by atoms with Crippen LogP contribution in [0.3, 0.4) is 0 Å². The van der Waals surface area contributed by atoms with Gasteiger partial charge in [0.25, 0.3) is 5.91 Å². The molecule has 3 rings (SSSR count). The minimum Gasteiger partial charge on any atom is -0.494 e. The molecule has 146 valence electrons. The summed E-state index contributed by atoms with van der Waals surface area (Å²) in [7, 11) is 0. The second kappa shape index (κ2) is 8.89. The van der Waals surface area contributed by atoms with E-state index in [1.807, 2.05) is 32.9 Å². The molecular formula is C21H22ClN3O3. The summed E-state index contributed by atoms with van der Waals surface area (Å²) in [6.07, 6.45) is 0. The Kier molecular flexibility index (Phi) is 6.31. The number of benzene rings is 2. The van der Waals surface area contributed by atoms with Gasteiger partial charge in [-0.15, -0.1) is 0 Å². The molecule has 0 aliphatic heterocycles. The fourth-order valence-corrected chi connectivity index (χ4v) is 2.82. The van der Waals surface area contributed by atoms with Gasteiger partial charge in [0.05, 0.1) is 6.61 Å². The summed E-state index contributed by atoms with van der Waals surface area (Å²) >= 11 is 5.91. The van der Waals surface area contributed by atoms with Crippen molar-refractivity contribution in [3.63, 3.8) is 0 Å². The zero-order valence-corrected chi connectivity index (χ0v) is 16.8. The third kappa shape index (κ3) is 4.70. The van der Waals surface area contributed by atoms with E-state index in [1.165, 1.54) is 0 Å². The van der Waals surface area contributed by atoms with Crippen molar-refractivity contribution >= 4 is 17.5 Å². The molecule has 1 amide bonds. The predicted octanol–water partition coefficient (Wildman–Crippen LogP) is 4.84. The summed E-state index contributed by atoms with van der Waals surface area (Å²) < 4.78 is 10.8. The van der Waals surface area contributed by atoms with E-state index in [0.29, 0.717) is 28.9 Å². The van der Waals surface area contributed by atoms with Crippen molar-refractivity contribution in [2.75, 3.05) is 6.61 Å². The van der Waals surface area contributed by atoms with E-state index in [9.17, 15) is 4.79 Å². The number of carbonyl (C=O) groups excluding carboxylic acids is 1. The minimum absolute atomic E-state index is 0.0371. The molecule has 7 heteroatoms. The van der Waals surface area contributed by atoms with Gasteiger partial charge in [0, 0.05) is 22.2 Å². The van der Waals surface area contributed by atoms with Gasteiger partial charge in [-0.25, -0.2) is 0 Å². The number of hydrogen-bond acceptors (Lipinski definition) is 5. The fourth-order valence-electron chi connectivity index (χ4n) is 2.70. The second-order valence-electron chi connectivity index (χ2n) is 6.50. The number of halogens is 1. The van der Waals surface area contributed by atoms with Crippen LogP contribution in [-0.2, 0) is 6.54 Å². The second-order valence-corrected chi connectivity index (χ2v) is 6.94. The van der Waals surface area contributed by atoms with Crippen LogP contribution in [0, 0.1) is 0 Å². The first-order valence-corrected chi connectivity index (χ1v) is 9.48. The maximum absolute atomic E-state index is 13.0. The van der Waals surface area contributed by atoms with Gasteiger partial charge in [-0.1, -0.05) is 16.8 Å². The fraction of sp³-hybridized carbons (Fsp3) is 0.286. The van der Waals surface area contributed by atoms with Gasteiger partial charge in [0.1, 0.15) is 12.3 Å². The predicted molar refractivity (Wildman–Crippen MR) is 107 cm³/mol. The van der Waals surface area contributed by atoms with Crippen LogP contribution in [0.5, 0.6) is 5.75 Å². The Morgan fingerprint density at radius 3 is 2.43 bits per heavy atom. The Morgan fingerprint density at radius 2 is 1.82 bits per heavy atom. The first-order chi connectivity index (χ1) is 13.5. The van der Waals surface area contributed by atoms with Crippen LogP contribution in [0.2, 0.25) is 5.02 Å². The third-order valence-corrected chi connectivity index (χ3v) is 4.42. The SMILES string of the molecule is CCOc1ccc(C(=O)N(Cc2nc(-c3ccc(Cl)cc3)no2)C(C)C)cc1. The highest BCUT2D eigenvalue weighted by Gasteiger charge is 2.22. The smallest absolute Gasteiger partial charge is 0.254 e. The molecule has 6 nitrogen and oxygen atoms in total. The molecule has 0 N–H and O–H groups in total. The number of aromatic nitrogens is 2. The lowest BCUT2D eigenvalue weighted by molar-refractivity contribution is 0.0667. The van der Waals surface area contributed by atoms with Crippen LogP contribution in [0.15, 0.2) is 53.1 Å². The van der Waals surface area contributed by atoms with Crippen LogP contribution < -0.4 is 4.74 Å². The van der Waals surface area contributed by atoms with E-state index < -0.39 is 0 Å². The topological polar surface area (TPSA) is 68.5 Å². The molecule has 3 aromatic rings. The highest BCUT2D eigenvalue weighted by Crippen LogP contribution is 2.20. The quantitative estimate of drug-likeness (QED) is 0.568. The number of carbonyl (C=O) groups is 1. The van der Waals surface area contributed by atoms with Gasteiger partial charge in [-0.2, -0.15) is 4.98 Å². The summed E-state index contributed by atoms with van der Waals surface area (Å²) in [4.78, 5) is 19.1. The lowest BCUT2D eigenvalue weighted by Gasteiger charge is -2.25. The molecule has 0 atom stereocenters. The van der Waals surface area contributed by atoms with Crippen LogP contribution >= 0.6 is 11.6 Å². The van der Waals surface area contributed by atoms with E-state index in [-0.39, 0.29) is 18.5 Å². The summed E-state index contributed by atoms with van der Waals surface area (Å²) in [5.41, 5.74) is 1.38. The minimum atomic E-state index is -0.107. The molecule has 0 radical (unpaired) electrons. The zero-order chi connectivity index (χ0) is 20.1. The first kappa shape index (κ1) is 19.9. The largest absolute Gasteiger partial charge is 0.494 e. The Balaban J connectivity index is 1.76. The van der Waals surface area contributed by atoms with Gasteiger partial charge in [0.2, 0.25) is 11.7 Å². The van der Waals surface area contributed by atoms with Crippen molar-refractivity contribution in [3.05, 3.63) is 65.0 Å². The number of rotatable bonds is 7. The van der Waals surface area contributed by atoms with Crippen molar-refractivity contribution in [1.82, 2.24) is 15.0 Å². The molecule has 0 aliphatic carbocycles. The monoisotopic (exact) mass is 399 g/mol. The average molecular weight is 400 g/mol. The van der Waals surface area contributed by atoms with Gasteiger partial charge in [0.15, 0.2) is 0 Å². The number of ether oxygens (including phenoxy) is 1. The number of amides is 1. The molecule has 0 saturated carbocycles. The summed E-state index contributed by atoms with van der Waals surface area (Å²) in [6.45, 7) is 6.62. The highest BCUT2D eigenvalue weighted by atomic mass is 35.5. The third-order valence-electron chi connectivity index (χ3n) is 4.17. The van der Waals surface area contributed by atoms with Crippen LogP contribution in [0.25, 0.3) is 11.4 Å². The molecule has 1 heterocycles. The van der Waals surface area contributed by atoms with E-state index >= 15 is 0 Å². The molecule has 2 aromatic carbocycles. The Hall–Kier alpha value is -2.86. The molecule has 0 aliphatic rings. The van der Waals surface area contributed by atoms with E-state index in [1.54, 1.807) is 41.3 Å². The van der Waals surface area contributed by atoms with E-state index in [2.05, 4.69) is 10.1 Å². The van der Waals surface area contributed by atoms with Crippen LogP contribution in [-0.4, -0.2) is 33.6 Å². The van der Waals surface area contributed by atoms with E-state index in [4.69, 9.17) is 20.9 Å². The molecule has 0 bridgehead atoms. The van der Waals surface area contributed by atoms with Gasteiger partial charge < -0.3 is 14.2 Å². The van der Waals surface area contributed by atoms with Crippen molar-refractivity contribution in [1.29, 1.82) is 0 Å². The van der Waals surface area contributed by atoms with Gasteiger partial charge in [-0.3, -0.25) is 4.79 Å². The molecule has 0 fully saturated rings. The van der Waals surface area contributed by atoms with Crippen LogP contribution in [0.1, 0.15) is 37.0 Å². The Bertz CT molecular complexity index is 921. The van der Waals surface area contributed by atoms with Crippen molar-refractivity contribution in [2.45, 2.75) is 33.4 Å². The first-order valence-electron chi connectivity index (χ1n) is 9.10. The summed E-state index contributed by atoms with van der Waals surface area (Å²) in [6, 6.07) is 14.2. The number of nitrogens with zero attached hydrogens (tertiary/aromatic N) is 3. The van der Waals surface area contributed by atoms with Crippen molar-refractivity contribution < 1.29 is 14.1 Å². The summed E-state index contributed by atoms with van der Waals surface area (Å²) in [5.74, 6) is 1.46. The standard InChI is InChI=1S/C21H22ClN3O3/c1-4-27-18-11-7-16(8-12-18)21(26)25(14(2)3)13-19-23-20(24-28-19)15-5-9-17(22)10-6-15/h5-12,14H,4,13H2,1-3H3. The van der Waals surface area contributed by atoms with E-state index in [0.717, 1.165) is 11.3 Å². The zero-order valence-electron chi connectivity index (χ0n) is 16.1. The van der Waals surface area contributed by atoms with Crippen LogP contribution in [0.4, 0.5) is 0 Å². The summed E-state index contributed by atoms with van der Waals surface area (Å²) in [5, 5.41) is 4.65. The number of hydrogen-bond donors (Lipinski definition) is 0. The lowest BCUT2D eigenvalue weighted by Crippen LogP contribution is -2.36.